The predicted molar refractivity (Wildman–Crippen MR) is 76.2 cm³/mol. The van der Waals surface area contributed by atoms with E-state index in [2.05, 4.69) is 11.8 Å². The summed E-state index contributed by atoms with van der Waals surface area (Å²) in [5.41, 5.74) is 0.974. The molecule has 0 amide bonds. The molecule has 0 aromatic heterocycles. The molecule has 0 spiro atoms. The lowest BCUT2D eigenvalue weighted by Crippen LogP contribution is -2.14. The second-order valence-electron chi connectivity index (χ2n) is 4.69. The summed E-state index contributed by atoms with van der Waals surface area (Å²) in [5.74, 6) is 7.19. The first-order valence-corrected chi connectivity index (χ1v) is 7.23. The molecule has 1 aromatic carbocycles. The SMILES string of the molecule is ClCC#Cc1cccc(OC2CCCCCC2)c1. The molecule has 0 atom stereocenters. The van der Waals surface area contributed by atoms with Gasteiger partial charge in [0.25, 0.3) is 0 Å². The van der Waals surface area contributed by atoms with Gasteiger partial charge >= 0.3 is 0 Å². The van der Waals surface area contributed by atoms with Crippen LogP contribution in [0.5, 0.6) is 5.75 Å². The third kappa shape index (κ3) is 4.27. The van der Waals surface area contributed by atoms with Gasteiger partial charge in [0, 0.05) is 5.56 Å². The molecule has 0 heterocycles. The molecule has 0 unspecified atom stereocenters. The fourth-order valence-corrected chi connectivity index (χ4v) is 2.40. The van der Waals surface area contributed by atoms with Crippen LogP contribution < -0.4 is 4.74 Å². The number of hydrogen-bond acceptors (Lipinski definition) is 1. The third-order valence-corrected chi connectivity index (χ3v) is 3.37. The van der Waals surface area contributed by atoms with Gasteiger partial charge in [-0.2, -0.15) is 0 Å². The van der Waals surface area contributed by atoms with E-state index in [1.807, 2.05) is 24.3 Å². The van der Waals surface area contributed by atoms with Crippen molar-refractivity contribution in [1.29, 1.82) is 0 Å². The smallest absolute Gasteiger partial charge is 0.120 e. The minimum absolute atomic E-state index is 0.369. The van der Waals surface area contributed by atoms with Crippen molar-refractivity contribution in [1.82, 2.24) is 0 Å². The van der Waals surface area contributed by atoms with Gasteiger partial charge in [0.1, 0.15) is 5.75 Å². The molecule has 0 aliphatic heterocycles. The van der Waals surface area contributed by atoms with E-state index in [4.69, 9.17) is 16.3 Å². The molecule has 0 radical (unpaired) electrons. The molecule has 1 nitrogen and oxygen atoms in total. The molecule has 0 N–H and O–H groups in total. The van der Waals surface area contributed by atoms with Crippen LogP contribution in [-0.2, 0) is 0 Å². The highest BCUT2D eigenvalue weighted by molar-refractivity contribution is 6.19. The molecular formula is C16H19ClO. The van der Waals surface area contributed by atoms with Crippen LogP contribution in [0.2, 0.25) is 0 Å². The van der Waals surface area contributed by atoms with Crippen molar-refractivity contribution in [2.75, 3.05) is 5.88 Å². The van der Waals surface area contributed by atoms with E-state index >= 15 is 0 Å². The summed E-state index contributed by atoms with van der Waals surface area (Å²) in [7, 11) is 0. The molecule has 1 fully saturated rings. The summed E-state index contributed by atoms with van der Waals surface area (Å²) in [4.78, 5) is 0. The summed E-state index contributed by atoms with van der Waals surface area (Å²) in [6.07, 6.45) is 8.01. The molecule has 0 bridgehead atoms. The van der Waals surface area contributed by atoms with E-state index in [-0.39, 0.29) is 0 Å². The van der Waals surface area contributed by atoms with Crippen LogP contribution in [0.25, 0.3) is 0 Å². The maximum absolute atomic E-state index is 6.06. The van der Waals surface area contributed by atoms with E-state index in [1.54, 1.807) is 0 Å². The second kappa shape index (κ2) is 7.34. The summed E-state index contributed by atoms with van der Waals surface area (Å²) < 4.78 is 6.06. The molecule has 2 heteroatoms. The van der Waals surface area contributed by atoms with Crippen LogP contribution >= 0.6 is 11.6 Å². The number of benzene rings is 1. The zero-order chi connectivity index (χ0) is 12.6. The maximum Gasteiger partial charge on any atom is 0.120 e. The van der Waals surface area contributed by atoms with Crippen molar-refractivity contribution in [2.45, 2.75) is 44.6 Å². The highest BCUT2D eigenvalue weighted by Crippen LogP contribution is 2.23. The zero-order valence-corrected chi connectivity index (χ0v) is 11.4. The summed E-state index contributed by atoms with van der Waals surface area (Å²) >= 11 is 5.56. The first kappa shape index (κ1) is 13.3. The molecule has 96 valence electrons. The molecule has 1 saturated carbocycles. The van der Waals surface area contributed by atoms with Crippen LogP contribution in [0.15, 0.2) is 24.3 Å². The Bertz CT molecular complexity index is 422. The Balaban J connectivity index is 1.99. The van der Waals surface area contributed by atoms with Crippen molar-refractivity contribution >= 4 is 11.6 Å². The van der Waals surface area contributed by atoms with Gasteiger partial charge in [0.15, 0.2) is 0 Å². The Labute approximate surface area is 114 Å². The van der Waals surface area contributed by atoms with Crippen LogP contribution in [0.4, 0.5) is 0 Å². The van der Waals surface area contributed by atoms with Crippen LogP contribution in [0.1, 0.15) is 44.1 Å². The number of ether oxygens (including phenoxy) is 1. The van der Waals surface area contributed by atoms with Crippen molar-refractivity contribution in [2.24, 2.45) is 0 Å². The summed E-state index contributed by atoms with van der Waals surface area (Å²) in [6, 6.07) is 7.99. The summed E-state index contributed by atoms with van der Waals surface area (Å²) in [6.45, 7) is 0. The lowest BCUT2D eigenvalue weighted by Gasteiger charge is -2.17. The Morgan fingerprint density at radius 1 is 1.17 bits per heavy atom. The molecule has 2 rings (SSSR count). The average Bonchev–Trinajstić information content (AvgIpc) is 2.65. The number of alkyl halides is 1. The molecule has 1 aromatic rings. The van der Waals surface area contributed by atoms with Crippen molar-refractivity contribution in [3.05, 3.63) is 29.8 Å². The molecular weight excluding hydrogens is 244 g/mol. The van der Waals surface area contributed by atoms with Gasteiger partial charge < -0.3 is 4.74 Å². The molecule has 1 aliphatic rings. The Kier molecular flexibility index (Phi) is 5.42. The van der Waals surface area contributed by atoms with E-state index in [1.165, 1.54) is 38.5 Å². The fraction of sp³-hybridized carbons (Fsp3) is 0.500. The van der Waals surface area contributed by atoms with Crippen LogP contribution in [0, 0.1) is 11.8 Å². The van der Waals surface area contributed by atoms with Gasteiger partial charge in [-0.25, -0.2) is 0 Å². The minimum atomic E-state index is 0.369. The number of halogens is 1. The normalized spacial score (nSPS) is 16.5. The van der Waals surface area contributed by atoms with Crippen LogP contribution in [-0.4, -0.2) is 12.0 Å². The first-order chi connectivity index (χ1) is 8.88. The van der Waals surface area contributed by atoms with Gasteiger partial charge in [-0.1, -0.05) is 30.7 Å². The highest BCUT2D eigenvalue weighted by atomic mass is 35.5. The second-order valence-corrected chi connectivity index (χ2v) is 4.96. The largest absolute Gasteiger partial charge is 0.490 e. The first-order valence-electron chi connectivity index (χ1n) is 6.70. The standard InChI is InChI=1S/C16H19ClO/c17-12-6-8-14-7-5-11-16(13-14)18-15-9-3-1-2-4-10-15/h5,7,11,13,15H,1-4,9-10,12H2. The number of hydrogen-bond donors (Lipinski definition) is 0. The van der Waals surface area contributed by atoms with Crippen molar-refractivity contribution < 1.29 is 4.74 Å². The monoisotopic (exact) mass is 262 g/mol. The molecule has 0 saturated heterocycles. The predicted octanol–water partition coefficient (Wildman–Crippen LogP) is 4.38. The molecule has 18 heavy (non-hydrogen) atoms. The Morgan fingerprint density at radius 3 is 2.67 bits per heavy atom. The van der Waals surface area contributed by atoms with Crippen molar-refractivity contribution in [3.8, 4) is 17.6 Å². The Morgan fingerprint density at radius 2 is 1.94 bits per heavy atom. The van der Waals surface area contributed by atoms with Crippen LogP contribution in [0.3, 0.4) is 0 Å². The van der Waals surface area contributed by atoms with E-state index in [0.717, 1.165) is 11.3 Å². The lowest BCUT2D eigenvalue weighted by molar-refractivity contribution is 0.183. The quantitative estimate of drug-likeness (QED) is 0.437. The van der Waals surface area contributed by atoms with Gasteiger partial charge in [-0.05, 0) is 43.9 Å². The average molecular weight is 263 g/mol. The van der Waals surface area contributed by atoms with E-state index in [9.17, 15) is 0 Å². The fourth-order valence-electron chi connectivity index (χ4n) is 2.33. The van der Waals surface area contributed by atoms with E-state index in [0.29, 0.717) is 12.0 Å². The zero-order valence-electron chi connectivity index (χ0n) is 10.6. The maximum atomic E-state index is 6.06. The van der Waals surface area contributed by atoms with Gasteiger partial charge in [0.2, 0.25) is 0 Å². The topological polar surface area (TPSA) is 9.23 Å². The van der Waals surface area contributed by atoms with Gasteiger partial charge in [-0.15, -0.1) is 11.6 Å². The van der Waals surface area contributed by atoms with Crippen molar-refractivity contribution in [3.63, 3.8) is 0 Å². The van der Waals surface area contributed by atoms with Gasteiger partial charge in [0.05, 0.1) is 12.0 Å². The Hall–Kier alpha value is -1.13. The third-order valence-electron chi connectivity index (χ3n) is 3.24. The van der Waals surface area contributed by atoms with Gasteiger partial charge in [-0.3, -0.25) is 0 Å². The highest BCUT2D eigenvalue weighted by Gasteiger charge is 2.13. The lowest BCUT2D eigenvalue weighted by atomic mass is 10.1. The molecule has 1 aliphatic carbocycles. The minimum Gasteiger partial charge on any atom is -0.490 e. The summed E-state index contributed by atoms with van der Waals surface area (Å²) in [5, 5.41) is 0. The number of rotatable bonds is 2. The van der Waals surface area contributed by atoms with E-state index < -0.39 is 0 Å².